The third-order valence-electron chi connectivity index (χ3n) is 3.54. The molecule has 3 rings (SSSR count). The van der Waals surface area contributed by atoms with Crippen LogP contribution in [-0.2, 0) is 12.8 Å². The normalized spacial score (nSPS) is 13.8. The average molecular weight is 223 g/mol. The molecule has 2 aromatic rings. The molecule has 0 amide bonds. The molecule has 0 fully saturated rings. The summed E-state index contributed by atoms with van der Waals surface area (Å²) >= 11 is 0. The molecule has 1 nitrogen and oxygen atoms in total. The van der Waals surface area contributed by atoms with Crippen molar-refractivity contribution in [3.63, 3.8) is 0 Å². The van der Waals surface area contributed by atoms with E-state index in [4.69, 9.17) is 0 Å². The Morgan fingerprint density at radius 2 is 1.29 bits per heavy atom. The van der Waals surface area contributed by atoms with Gasteiger partial charge >= 0.3 is 0 Å². The molecule has 1 heterocycles. The lowest BCUT2D eigenvalue weighted by Gasteiger charge is -2.25. The topological polar surface area (TPSA) is 3.24 Å². The predicted molar refractivity (Wildman–Crippen MR) is 73.0 cm³/mol. The quantitative estimate of drug-likeness (QED) is 0.707. The molecule has 17 heavy (non-hydrogen) atoms. The largest absolute Gasteiger partial charge is 0.341 e. The van der Waals surface area contributed by atoms with Crippen molar-refractivity contribution < 1.29 is 0 Å². The maximum absolute atomic E-state index is 2.43. The summed E-state index contributed by atoms with van der Waals surface area (Å²) in [6.45, 7) is 3.24. The van der Waals surface area contributed by atoms with Crippen LogP contribution in [0.3, 0.4) is 0 Å². The van der Waals surface area contributed by atoms with Gasteiger partial charge in [-0.25, -0.2) is 0 Å². The van der Waals surface area contributed by atoms with E-state index >= 15 is 0 Å². The Morgan fingerprint density at radius 3 is 1.76 bits per heavy atom. The number of rotatable bonds is 1. The van der Waals surface area contributed by atoms with Crippen molar-refractivity contribution in [1.82, 2.24) is 0 Å². The van der Waals surface area contributed by atoms with Gasteiger partial charge in [0.25, 0.3) is 0 Å². The van der Waals surface area contributed by atoms with E-state index in [9.17, 15) is 0 Å². The summed E-state index contributed by atoms with van der Waals surface area (Å²) in [5.74, 6) is 0. The number of fused-ring (bicyclic) bond motifs is 2. The van der Waals surface area contributed by atoms with Crippen molar-refractivity contribution in [3.05, 3.63) is 59.7 Å². The van der Waals surface area contributed by atoms with Gasteiger partial charge in [-0.3, -0.25) is 0 Å². The van der Waals surface area contributed by atoms with Gasteiger partial charge < -0.3 is 4.90 Å². The second-order valence-electron chi connectivity index (χ2n) is 4.50. The molecular weight excluding hydrogens is 206 g/mol. The van der Waals surface area contributed by atoms with Crippen LogP contribution in [0.25, 0.3) is 0 Å². The van der Waals surface area contributed by atoms with Crippen LogP contribution in [0.1, 0.15) is 18.1 Å². The first kappa shape index (κ1) is 10.4. The van der Waals surface area contributed by atoms with Gasteiger partial charge in [0.15, 0.2) is 0 Å². The van der Waals surface area contributed by atoms with Crippen LogP contribution in [-0.4, -0.2) is 6.54 Å². The van der Waals surface area contributed by atoms with E-state index < -0.39 is 0 Å². The molecule has 0 spiro atoms. The highest BCUT2D eigenvalue weighted by Gasteiger charge is 2.17. The number of hydrogen-bond donors (Lipinski definition) is 0. The Kier molecular flexibility index (Phi) is 2.60. The van der Waals surface area contributed by atoms with Gasteiger partial charge in [0, 0.05) is 17.9 Å². The van der Waals surface area contributed by atoms with Gasteiger partial charge in [-0.1, -0.05) is 36.4 Å². The molecule has 0 aromatic heterocycles. The van der Waals surface area contributed by atoms with Crippen molar-refractivity contribution in [2.75, 3.05) is 11.4 Å². The highest BCUT2D eigenvalue weighted by molar-refractivity contribution is 5.70. The van der Waals surface area contributed by atoms with Crippen LogP contribution >= 0.6 is 0 Å². The molecule has 0 bridgehead atoms. The van der Waals surface area contributed by atoms with Crippen LogP contribution in [0, 0.1) is 0 Å². The van der Waals surface area contributed by atoms with Crippen LogP contribution < -0.4 is 4.90 Å². The van der Waals surface area contributed by atoms with E-state index in [2.05, 4.69) is 60.4 Å². The van der Waals surface area contributed by atoms with Crippen molar-refractivity contribution in [1.29, 1.82) is 0 Å². The molecule has 0 unspecified atom stereocenters. The van der Waals surface area contributed by atoms with Crippen molar-refractivity contribution in [2.45, 2.75) is 19.8 Å². The lowest BCUT2D eigenvalue weighted by molar-refractivity contribution is 0.977. The molecular formula is C16H17N. The molecule has 86 valence electrons. The number of aryl methyl sites for hydroxylation is 2. The molecule has 1 aliphatic heterocycles. The monoisotopic (exact) mass is 223 g/mol. The Labute approximate surface area is 103 Å². The summed E-state index contributed by atoms with van der Waals surface area (Å²) < 4.78 is 0. The lowest BCUT2D eigenvalue weighted by Crippen LogP contribution is -2.17. The zero-order valence-electron chi connectivity index (χ0n) is 10.2. The van der Waals surface area contributed by atoms with Gasteiger partial charge in [0.05, 0.1) is 0 Å². The van der Waals surface area contributed by atoms with Crippen molar-refractivity contribution >= 4 is 11.4 Å². The second-order valence-corrected chi connectivity index (χ2v) is 4.50. The van der Waals surface area contributed by atoms with E-state index in [-0.39, 0.29) is 0 Å². The molecule has 0 atom stereocenters. The van der Waals surface area contributed by atoms with E-state index in [1.807, 2.05) is 0 Å². The SMILES string of the molecule is CCN1c2ccccc2CCc2ccccc21. The molecule has 0 N–H and O–H groups in total. The zero-order chi connectivity index (χ0) is 11.7. The highest BCUT2D eigenvalue weighted by Crippen LogP contribution is 2.35. The van der Waals surface area contributed by atoms with Gasteiger partial charge in [0.2, 0.25) is 0 Å². The standard InChI is InChI=1S/C16H17N/c1-2-17-15-9-5-3-7-13(15)11-12-14-8-4-6-10-16(14)17/h3-10H,2,11-12H2,1H3. The fourth-order valence-electron chi connectivity index (χ4n) is 2.71. The Hall–Kier alpha value is -1.76. The summed E-state index contributed by atoms with van der Waals surface area (Å²) in [4.78, 5) is 2.43. The van der Waals surface area contributed by atoms with Crippen molar-refractivity contribution in [2.24, 2.45) is 0 Å². The maximum Gasteiger partial charge on any atom is 0.0443 e. The van der Waals surface area contributed by atoms with Crippen LogP contribution in [0.2, 0.25) is 0 Å². The van der Waals surface area contributed by atoms with E-state index in [1.54, 1.807) is 0 Å². The van der Waals surface area contributed by atoms with Gasteiger partial charge in [-0.15, -0.1) is 0 Å². The van der Waals surface area contributed by atoms with Crippen LogP contribution in [0.15, 0.2) is 48.5 Å². The first-order valence-electron chi connectivity index (χ1n) is 6.33. The molecule has 1 heteroatoms. The van der Waals surface area contributed by atoms with Crippen molar-refractivity contribution in [3.8, 4) is 0 Å². The first-order chi connectivity index (χ1) is 8.40. The molecule has 2 aromatic carbocycles. The third-order valence-corrected chi connectivity index (χ3v) is 3.54. The first-order valence-corrected chi connectivity index (χ1v) is 6.33. The average Bonchev–Trinajstić information content (AvgIpc) is 2.55. The summed E-state index contributed by atoms with van der Waals surface area (Å²) in [6, 6.07) is 17.5. The highest BCUT2D eigenvalue weighted by atomic mass is 15.1. The number of benzene rings is 2. The number of para-hydroxylation sites is 2. The minimum Gasteiger partial charge on any atom is -0.341 e. The lowest BCUT2D eigenvalue weighted by atomic mass is 10.0. The fourth-order valence-corrected chi connectivity index (χ4v) is 2.71. The molecule has 0 radical (unpaired) electrons. The molecule has 0 saturated heterocycles. The minimum absolute atomic E-state index is 1.02. The third kappa shape index (κ3) is 1.72. The maximum atomic E-state index is 2.43. The summed E-state index contributed by atoms with van der Waals surface area (Å²) in [5.41, 5.74) is 5.68. The number of anilines is 2. The van der Waals surface area contributed by atoms with Crippen LogP contribution in [0.5, 0.6) is 0 Å². The van der Waals surface area contributed by atoms with Gasteiger partial charge in [0.1, 0.15) is 0 Å². The Balaban J connectivity index is 2.19. The number of hydrogen-bond acceptors (Lipinski definition) is 1. The fraction of sp³-hybridized carbons (Fsp3) is 0.250. The Bertz CT molecular complexity index is 483. The summed E-state index contributed by atoms with van der Waals surface area (Å²) in [7, 11) is 0. The van der Waals surface area contributed by atoms with E-state index in [0.29, 0.717) is 0 Å². The second kappa shape index (κ2) is 4.25. The van der Waals surface area contributed by atoms with E-state index in [1.165, 1.54) is 22.5 Å². The summed E-state index contributed by atoms with van der Waals surface area (Å²) in [6.07, 6.45) is 2.29. The van der Waals surface area contributed by atoms with Gasteiger partial charge in [-0.05, 0) is 43.0 Å². The predicted octanol–water partition coefficient (Wildman–Crippen LogP) is 3.94. The van der Waals surface area contributed by atoms with E-state index in [0.717, 1.165) is 19.4 Å². The molecule has 0 saturated carbocycles. The number of nitrogens with zero attached hydrogens (tertiary/aromatic N) is 1. The summed E-state index contributed by atoms with van der Waals surface area (Å²) in [5, 5.41) is 0. The van der Waals surface area contributed by atoms with Gasteiger partial charge in [-0.2, -0.15) is 0 Å². The zero-order valence-corrected chi connectivity index (χ0v) is 10.2. The molecule has 0 aliphatic carbocycles. The molecule has 1 aliphatic rings. The Morgan fingerprint density at radius 1 is 0.824 bits per heavy atom. The minimum atomic E-state index is 1.02. The van der Waals surface area contributed by atoms with Crippen LogP contribution in [0.4, 0.5) is 11.4 Å². The smallest absolute Gasteiger partial charge is 0.0443 e.